The summed E-state index contributed by atoms with van der Waals surface area (Å²) in [6.07, 6.45) is 3.19. The highest BCUT2D eigenvalue weighted by Crippen LogP contribution is 2.28. The number of hydrogen-bond donors (Lipinski definition) is 1. The maximum atomic E-state index is 13.6. The van der Waals surface area contributed by atoms with Gasteiger partial charge in [-0.3, -0.25) is 14.6 Å². The van der Waals surface area contributed by atoms with Crippen molar-refractivity contribution in [2.45, 2.75) is 6.92 Å². The van der Waals surface area contributed by atoms with Crippen LogP contribution in [0.2, 0.25) is 0 Å². The van der Waals surface area contributed by atoms with Crippen LogP contribution in [-0.4, -0.2) is 66.3 Å². The average Bonchev–Trinajstić information content (AvgIpc) is 3.64. The topological polar surface area (TPSA) is 104 Å². The Bertz CT molecular complexity index is 1640. The molecule has 6 rings (SSSR count). The molecule has 1 amide bonds. The van der Waals surface area contributed by atoms with Crippen molar-refractivity contribution >= 4 is 27.9 Å². The molecule has 182 valence electrons. The van der Waals surface area contributed by atoms with E-state index in [1.165, 1.54) is 38.9 Å². The molecule has 1 N–H and O–H groups in total. The molecule has 10 nitrogen and oxygen atoms in total. The molecule has 0 saturated carbocycles. The Kier molecular flexibility index (Phi) is 5.37. The van der Waals surface area contributed by atoms with E-state index < -0.39 is 0 Å². The lowest BCUT2D eigenvalue weighted by Crippen LogP contribution is -2.48. The van der Waals surface area contributed by atoms with Crippen LogP contribution < -0.4 is 10.5 Å². The van der Waals surface area contributed by atoms with Gasteiger partial charge >= 0.3 is 0 Å². The second-order valence-electron chi connectivity index (χ2n) is 8.48. The SMILES string of the molecule is Cc1c(C(=O)N2CCN(c3nc(-c4cccc(F)c4)cs3)CC2)cnn1-c1nn2cccc2c(=O)[nH]1. The highest BCUT2D eigenvalue weighted by molar-refractivity contribution is 7.14. The first-order chi connectivity index (χ1) is 17.5. The first-order valence-corrected chi connectivity index (χ1v) is 12.2. The number of fused-ring (bicyclic) bond motifs is 1. The van der Waals surface area contributed by atoms with Gasteiger partial charge in [0.05, 0.1) is 23.1 Å². The Labute approximate surface area is 208 Å². The molecule has 1 aromatic carbocycles. The van der Waals surface area contributed by atoms with Crippen molar-refractivity contribution in [1.82, 2.24) is 34.3 Å². The molecule has 5 heterocycles. The largest absolute Gasteiger partial charge is 0.345 e. The van der Waals surface area contributed by atoms with Gasteiger partial charge in [-0.05, 0) is 31.2 Å². The Morgan fingerprint density at radius 1 is 1.14 bits per heavy atom. The number of aromatic amines is 1. The van der Waals surface area contributed by atoms with Gasteiger partial charge in [0, 0.05) is 43.3 Å². The monoisotopic (exact) mass is 504 g/mol. The molecule has 0 spiro atoms. The lowest BCUT2D eigenvalue weighted by atomic mass is 10.2. The minimum Gasteiger partial charge on any atom is -0.345 e. The number of H-pyrrole nitrogens is 1. The van der Waals surface area contributed by atoms with Gasteiger partial charge in [-0.15, -0.1) is 16.4 Å². The number of thiazole rings is 1. The summed E-state index contributed by atoms with van der Waals surface area (Å²) in [7, 11) is 0. The minimum atomic E-state index is -0.291. The zero-order valence-electron chi connectivity index (χ0n) is 19.3. The van der Waals surface area contributed by atoms with Crippen molar-refractivity contribution < 1.29 is 9.18 Å². The molecule has 1 fully saturated rings. The normalized spacial score (nSPS) is 14.1. The highest BCUT2D eigenvalue weighted by Gasteiger charge is 2.27. The Morgan fingerprint density at radius 2 is 1.97 bits per heavy atom. The van der Waals surface area contributed by atoms with Crippen molar-refractivity contribution in [2.75, 3.05) is 31.1 Å². The molecule has 36 heavy (non-hydrogen) atoms. The van der Waals surface area contributed by atoms with Crippen molar-refractivity contribution in [1.29, 1.82) is 0 Å². The molecule has 12 heteroatoms. The van der Waals surface area contributed by atoms with Crippen LogP contribution in [0.4, 0.5) is 9.52 Å². The van der Waals surface area contributed by atoms with Gasteiger partial charge in [-0.1, -0.05) is 12.1 Å². The van der Waals surface area contributed by atoms with E-state index >= 15 is 0 Å². The van der Waals surface area contributed by atoms with E-state index in [0.29, 0.717) is 43.0 Å². The summed E-state index contributed by atoms with van der Waals surface area (Å²) < 4.78 is 16.5. The number of halogens is 1. The predicted molar refractivity (Wildman–Crippen MR) is 133 cm³/mol. The summed E-state index contributed by atoms with van der Waals surface area (Å²) in [6, 6.07) is 9.80. The van der Waals surface area contributed by atoms with Crippen LogP contribution in [-0.2, 0) is 0 Å². The number of carbonyl (C=O) groups is 1. The van der Waals surface area contributed by atoms with E-state index in [4.69, 9.17) is 0 Å². The van der Waals surface area contributed by atoms with Gasteiger partial charge in [0.1, 0.15) is 11.3 Å². The standard InChI is InChI=1S/C24H21FN8O2S/c1-15-18(13-26-33(15)23-28-21(34)20-6-3-7-32(20)29-23)22(35)30-8-10-31(11-9-30)24-27-19(14-36-24)16-4-2-5-17(25)12-16/h2-7,12-14H,8-11H2,1H3,(H,28,29,34). The third-order valence-corrected chi connectivity index (χ3v) is 7.18. The predicted octanol–water partition coefficient (Wildman–Crippen LogP) is 2.74. The van der Waals surface area contributed by atoms with Crippen LogP contribution in [0.3, 0.4) is 0 Å². The third kappa shape index (κ3) is 3.85. The molecule has 0 aliphatic carbocycles. The van der Waals surface area contributed by atoms with E-state index in [9.17, 15) is 14.0 Å². The smallest absolute Gasteiger partial charge is 0.276 e. The zero-order valence-corrected chi connectivity index (χ0v) is 20.1. The second kappa shape index (κ2) is 8.72. The van der Waals surface area contributed by atoms with E-state index in [1.54, 1.807) is 36.2 Å². The van der Waals surface area contributed by atoms with Crippen LogP contribution >= 0.6 is 11.3 Å². The minimum absolute atomic E-state index is 0.123. The number of hydrogen-bond acceptors (Lipinski definition) is 7. The van der Waals surface area contributed by atoms with Crippen molar-refractivity contribution in [3.05, 3.63) is 81.6 Å². The number of rotatable bonds is 4. The fourth-order valence-electron chi connectivity index (χ4n) is 4.32. The quantitative estimate of drug-likeness (QED) is 0.404. The number of nitrogens with zero attached hydrogens (tertiary/aromatic N) is 7. The van der Waals surface area contributed by atoms with Gasteiger partial charge in [0.25, 0.3) is 11.5 Å². The van der Waals surface area contributed by atoms with E-state index in [-0.39, 0.29) is 23.2 Å². The van der Waals surface area contributed by atoms with Crippen molar-refractivity contribution in [3.8, 4) is 17.2 Å². The number of benzene rings is 1. The van der Waals surface area contributed by atoms with Crippen LogP contribution in [0.1, 0.15) is 16.1 Å². The molecule has 5 aromatic rings. The number of nitrogens with one attached hydrogen (secondary N) is 1. The number of anilines is 1. The Morgan fingerprint density at radius 3 is 2.78 bits per heavy atom. The molecule has 0 bridgehead atoms. The van der Waals surface area contributed by atoms with Gasteiger partial charge in [0.2, 0.25) is 5.95 Å². The zero-order chi connectivity index (χ0) is 24.8. The van der Waals surface area contributed by atoms with Crippen LogP contribution in [0, 0.1) is 12.7 Å². The average molecular weight is 505 g/mol. The molecule has 0 unspecified atom stereocenters. The highest BCUT2D eigenvalue weighted by atomic mass is 32.1. The number of amides is 1. The third-order valence-electron chi connectivity index (χ3n) is 6.28. The summed E-state index contributed by atoms with van der Waals surface area (Å²) in [5.41, 5.74) is 2.68. The fourth-order valence-corrected chi connectivity index (χ4v) is 5.21. The summed E-state index contributed by atoms with van der Waals surface area (Å²) in [6.45, 7) is 4.10. The van der Waals surface area contributed by atoms with Gasteiger partial charge < -0.3 is 9.80 Å². The molecule has 4 aromatic heterocycles. The molecule has 0 radical (unpaired) electrons. The molecule has 0 atom stereocenters. The van der Waals surface area contributed by atoms with Gasteiger partial charge in [0.15, 0.2) is 5.13 Å². The molecule has 1 saturated heterocycles. The van der Waals surface area contributed by atoms with Crippen LogP contribution in [0.5, 0.6) is 0 Å². The second-order valence-corrected chi connectivity index (χ2v) is 9.31. The maximum absolute atomic E-state index is 13.6. The maximum Gasteiger partial charge on any atom is 0.276 e. The first kappa shape index (κ1) is 22.2. The summed E-state index contributed by atoms with van der Waals surface area (Å²) in [5.74, 6) is -0.175. The number of carbonyl (C=O) groups excluding carboxylic acids is 1. The molecule has 1 aliphatic heterocycles. The van der Waals surface area contributed by atoms with E-state index in [0.717, 1.165) is 16.4 Å². The number of piperazine rings is 1. The Hall–Kier alpha value is -4.32. The molecular formula is C24H21FN8O2S. The van der Waals surface area contributed by atoms with Crippen molar-refractivity contribution in [3.63, 3.8) is 0 Å². The van der Waals surface area contributed by atoms with Crippen LogP contribution in [0.15, 0.2) is 59.0 Å². The van der Waals surface area contributed by atoms with Gasteiger partial charge in [-0.2, -0.15) is 5.10 Å². The fraction of sp³-hybridized carbons (Fsp3) is 0.208. The Balaban J connectivity index is 1.16. The van der Waals surface area contributed by atoms with Gasteiger partial charge in [-0.25, -0.2) is 18.6 Å². The molecule has 1 aliphatic rings. The first-order valence-electron chi connectivity index (χ1n) is 11.4. The van der Waals surface area contributed by atoms with Crippen LogP contribution in [0.25, 0.3) is 22.7 Å². The molecular weight excluding hydrogens is 483 g/mol. The van der Waals surface area contributed by atoms with E-state index in [2.05, 4.69) is 25.1 Å². The lowest BCUT2D eigenvalue weighted by Gasteiger charge is -2.34. The number of aromatic nitrogens is 6. The van der Waals surface area contributed by atoms with Crippen molar-refractivity contribution in [2.24, 2.45) is 0 Å². The summed E-state index contributed by atoms with van der Waals surface area (Å²) >= 11 is 1.51. The lowest BCUT2D eigenvalue weighted by molar-refractivity contribution is 0.0746. The van der Waals surface area contributed by atoms with E-state index in [1.807, 2.05) is 11.4 Å². The summed E-state index contributed by atoms with van der Waals surface area (Å²) in [4.78, 5) is 36.9. The summed E-state index contributed by atoms with van der Waals surface area (Å²) in [5, 5.41) is 11.5.